The first kappa shape index (κ1) is 16.3. The first-order valence-corrected chi connectivity index (χ1v) is 8.67. The Labute approximate surface area is 117 Å². The van der Waals surface area contributed by atoms with Crippen molar-refractivity contribution in [3.05, 3.63) is 0 Å². The first-order valence-electron chi connectivity index (χ1n) is 7.27. The van der Waals surface area contributed by atoms with E-state index >= 15 is 0 Å². The second-order valence-corrected chi connectivity index (χ2v) is 6.40. The fraction of sp³-hybridized carbons (Fsp3) is 1.00. The smallest absolute Gasteiger partial charge is 0.0356 e. The second-order valence-electron chi connectivity index (χ2n) is 5.49. The van der Waals surface area contributed by atoms with Crippen LogP contribution in [0.3, 0.4) is 0 Å². The van der Waals surface area contributed by atoms with Crippen molar-refractivity contribution in [2.45, 2.75) is 44.7 Å². The van der Waals surface area contributed by atoms with Crippen molar-refractivity contribution < 1.29 is 0 Å². The molecule has 0 saturated carbocycles. The lowest BCUT2D eigenvalue weighted by Gasteiger charge is -2.49. The largest absolute Gasteiger partial charge is 0.329 e. The van der Waals surface area contributed by atoms with Gasteiger partial charge in [-0.2, -0.15) is 11.8 Å². The van der Waals surface area contributed by atoms with E-state index in [0.717, 1.165) is 6.54 Å². The highest BCUT2D eigenvalue weighted by atomic mass is 32.2. The monoisotopic (exact) mass is 273 g/mol. The lowest BCUT2D eigenvalue weighted by atomic mass is 9.84. The molecular weight excluding hydrogens is 242 g/mol. The molecule has 0 bridgehead atoms. The Morgan fingerprint density at radius 2 is 1.94 bits per heavy atom. The van der Waals surface area contributed by atoms with Crippen LogP contribution >= 0.6 is 11.8 Å². The van der Waals surface area contributed by atoms with Gasteiger partial charge >= 0.3 is 0 Å². The minimum Gasteiger partial charge on any atom is -0.329 e. The average molecular weight is 273 g/mol. The molecule has 1 unspecified atom stereocenters. The van der Waals surface area contributed by atoms with E-state index in [1.165, 1.54) is 44.6 Å². The predicted octanol–water partition coefficient (Wildman–Crippen LogP) is 1.87. The molecule has 1 rings (SSSR count). The molecule has 0 aromatic carbocycles. The molecule has 1 saturated heterocycles. The Bertz CT molecular complexity index is 227. The topological polar surface area (TPSA) is 32.5 Å². The molecular formula is C14H31N3S. The molecule has 1 aliphatic heterocycles. The van der Waals surface area contributed by atoms with Crippen molar-refractivity contribution in [1.82, 2.24) is 9.80 Å². The third-order valence-electron chi connectivity index (χ3n) is 4.74. The third-order valence-corrected chi connectivity index (χ3v) is 5.46. The van der Waals surface area contributed by atoms with Crippen LogP contribution in [0.1, 0.15) is 33.1 Å². The van der Waals surface area contributed by atoms with Gasteiger partial charge in [0.15, 0.2) is 0 Å². The molecule has 0 aliphatic carbocycles. The fourth-order valence-electron chi connectivity index (χ4n) is 3.07. The molecule has 1 atom stereocenters. The number of rotatable bonds is 7. The van der Waals surface area contributed by atoms with Gasteiger partial charge < -0.3 is 10.6 Å². The van der Waals surface area contributed by atoms with Gasteiger partial charge in [0, 0.05) is 23.9 Å². The zero-order chi connectivity index (χ0) is 13.6. The maximum absolute atomic E-state index is 6.15. The summed E-state index contributed by atoms with van der Waals surface area (Å²) in [7, 11) is 2.29. The van der Waals surface area contributed by atoms with E-state index in [2.05, 4.69) is 37.0 Å². The van der Waals surface area contributed by atoms with Gasteiger partial charge in [-0.15, -0.1) is 0 Å². The first-order chi connectivity index (χ1) is 8.63. The molecule has 1 fully saturated rings. The molecule has 1 aliphatic rings. The number of thioether (sulfide) groups is 1. The van der Waals surface area contributed by atoms with Crippen molar-refractivity contribution in [2.24, 2.45) is 5.73 Å². The van der Waals surface area contributed by atoms with Crippen LogP contribution in [-0.2, 0) is 0 Å². The Hall–Kier alpha value is 0.230. The number of likely N-dealkylation sites (tertiary alicyclic amines) is 1. The Morgan fingerprint density at radius 1 is 1.33 bits per heavy atom. The number of likely N-dealkylation sites (N-methyl/N-ethyl adjacent to an activating group) is 1. The van der Waals surface area contributed by atoms with Crippen LogP contribution in [0.25, 0.3) is 0 Å². The van der Waals surface area contributed by atoms with E-state index in [4.69, 9.17) is 5.73 Å². The summed E-state index contributed by atoms with van der Waals surface area (Å²) in [6.07, 6.45) is 5.86. The SMILES string of the molecule is CCC(CSC)N(C)C1(CN)CCN(CC)CC1. The van der Waals surface area contributed by atoms with Crippen molar-refractivity contribution in [2.75, 3.05) is 45.2 Å². The number of hydrogen-bond acceptors (Lipinski definition) is 4. The quantitative estimate of drug-likeness (QED) is 0.767. The van der Waals surface area contributed by atoms with E-state index in [1.807, 2.05) is 11.8 Å². The summed E-state index contributed by atoms with van der Waals surface area (Å²) in [5.74, 6) is 1.21. The number of nitrogens with zero attached hydrogens (tertiary/aromatic N) is 2. The molecule has 0 spiro atoms. The average Bonchev–Trinajstić information content (AvgIpc) is 2.44. The van der Waals surface area contributed by atoms with E-state index < -0.39 is 0 Å². The number of piperidine rings is 1. The third kappa shape index (κ3) is 3.62. The molecule has 0 radical (unpaired) electrons. The fourth-order valence-corrected chi connectivity index (χ4v) is 3.91. The molecule has 0 aromatic rings. The number of hydrogen-bond donors (Lipinski definition) is 1. The zero-order valence-corrected chi connectivity index (χ0v) is 13.4. The lowest BCUT2D eigenvalue weighted by molar-refractivity contribution is 0.0228. The van der Waals surface area contributed by atoms with E-state index in [9.17, 15) is 0 Å². The van der Waals surface area contributed by atoms with Gasteiger partial charge in [-0.1, -0.05) is 13.8 Å². The van der Waals surface area contributed by atoms with E-state index in [1.54, 1.807) is 0 Å². The standard InChI is InChI=1S/C14H31N3S/c1-5-13(11-18-4)16(3)14(12-15)7-9-17(6-2)10-8-14/h13H,5-12,15H2,1-4H3. The van der Waals surface area contributed by atoms with Crippen molar-refractivity contribution in [3.63, 3.8) is 0 Å². The van der Waals surface area contributed by atoms with Gasteiger partial charge in [0.25, 0.3) is 0 Å². The minimum atomic E-state index is 0.238. The van der Waals surface area contributed by atoms with Crippen molar-refractivity contribution in [3.8, 4) is 0 Å². The summed E-state index contributed by atoms with van der Waals surface area (Å²) in [6.45, 7) is 8.92. The highest BCUT2D eigenvalue weighted by molar-refractivity contribution is 7.98. The van der Waals surface area contributed by atoms with Crippen LogP contribution < -0.4 is 5.73 Å². The minimum absolute atomic E-state index is 0.238. The van der Waals surface area contributed by atoms with Crippen LogP contribution in [0, 0.1) is 0 Å². The molecule has 3 nitrogen and oxygen atoms in total. The summed E-state index contributed by atoms with van der Waals surface area (Å²) in [6, 6.07) is 0.664. The zero-order valence-electron chi connectivity index (χ0n) is 12.6. The molecule has 1 heterocycles. The van der Waals surface area contributed by atoms with Crippen molar-refractivity contribution in [1.29, 1.82) is 0 Å². The van der Waals surface area contributed by atoms with Crippen LogP contribution in [0.4, 0.5) is 0 Å². The molecule has 2 N–H and O–H groups in total. The normalized spacial score (nSPS) is 22.3. The number of nitrogens with two attached hydrogens (primary N) is 1. The van der Waals surface area contributed by atoms with Gasteiger partial charge in [0.1, 0.15) is 0 Å². The summed E-state index contributed by atoms with van der Waals surface area (Å²) in [4.78, 5) is 5.13. The van der Waals surface area contributed by atoms with E-state index in [-0.39, 0.29) is 5.54 Å². The van der Waals surface area contributed by atoms with Gasteiger partial charge in [-0.05, 0) is 52.2 Å². The highest BCUT2D eigenvalue weighted by Gasteiger charge is 2.38. The van der Waals surface area contributed by atoms with Crippen molar-refractivity contribution >= 4 is 11.8 Å². The summed E-state index contributed by atoms with van der Waals surface area (Å²) < 4.78 is 0. The summed E-state index contributed by atoms with van der Waals surface area (Å²) in [5.41, 5.74) is 6.39. The lowest BCUT2D eigenvalue weighted by Crippen LogP contribution is -2.61. The molecule has 4 heteroatoms. The Morgan fingerprint density at radius 3 is 2.33 bits per heavy atom. The van der Waals surface area contributed by atoms with E-state index in [0.29, 0.717) is 6.04 Å². The second kappa shape index (κ2) is 7.73. The highest BCUT2D eigenvalue weighted by Crippen LogP contribution is 2.30. The Kier molecular flexibility index (Phi) is 6.99. The summed E-state index contributed by atoms with van der Waals surface area (Å²) >= 11 is 1.95. The van der Waals surface area contributed by atoms with Gasteiger partial charge in [-0.3, -0.25) is 4.90 Å². The maximum Gasteiger partial charge on any atom is 0.0356 e. The predicted molar refractivity (Wildman–Crippen MR) is 83.4 cm³/mol. The molecule has 108 valence electrons. The van der Waals surface area contributed by atoms with Gasteiger partial charge in [0.2, 0.25) is 0 Å². The van der Waals surface area contributed by atoms with Gasteiger partial charge in [0.05, 0.1) is 0 Å². The molecule has 18 heavy (non-hydrogen) atoms. The van der Waals surface area contributed by atoms with Crippen LogP contribution in [0.15, 0.2) is 0 Å². The molecule has 0 aromatic heterocycles. The van der Waals surface area contributed by atoms with Crippen LogP contribution in [-0.4, -0.2) is 66.6 Å². The summed E-state index contributed by atoms with van der Waals surface area (Å²) in [5, 5.41) is 0. The van der Waals surface area contributed by atoms with Gasteiger partial charge in [-0.25, -0.2) is 0 Å². The maximum atomic E-state index is 6.15. The Balaban J connectivity index is 2.69. The van der Waals surface area contributed by atoms with Crippen LogP contribution in [0.5, 0.6) is 0 Å². The molecule has 0 amide bonds. The van der Waals surface area contributed by atoms with Crippen LogP contribution in [0.2, 0.25) is 0 Å².